The van der Waals surface area contributed by atoms with Crippen LogP contribution in [0.25, 0.3) is 0 Å². The molecule has 1 aliphatic heterocycles. The average Bonchev–Trinajstić information content (AvgIpc) is 2.79. The average molecular weight is 418 g/mol. The maximum absolute atomic E-state index is 12.8. The minimum Gasteiger partial charge on any atom is -0.445 e. The largest absolute Gasteiger partial charge is 0.445 e. The van der Waals surface area contributed by atoms with Gasteiger partial charge in [-0.1, -0.05) is 57.0 Å². The number of rotatable bonds is 7. The second-order valence-corrected chi connectivity index (χ2v) is 7.92. The van der Waals surface area contributed by atoms with Crippen LogP contribution in [-0.2, 0) is 25.7 Å². The zero-order valence-electron chi connectivity index (χ0n) is 17.6. The minimum atomic E-state index is -0.896. The van der Waals surface area contributed by atoms with E-state index >= 15 is 0 Å². The van der Waals surface area contributed by atoms with Gasteiger partial charge in [0.1, 0.15) is 12.6 Å². The lowest BCUT2D eigenvalue weighted by Crippen LogP contribution is -2.54. The lowest BCUT2D eigenvalue weighted by Gasteiger charge is -2.23. The number of amides is 3. The van der Waals surface area contributed by atoms with Crippen LogP contribution >= 0.6 is 0 Å². The van der Waals surface area contributed by atoms with Crippen molar-refractivity contribution in [2.75, 3.05) is 6.54 Å². The molecule has 2 rings (SSSR count). The molecule has 1 aliphatic rings. The third-order valence-electron chi connectivity index (χ3n) is 4.84. The normalized spacial score (nSPS) is 18.4. The number of ketones is 1. The number of Topliss-reactive ketones (excluding diaryl/α,β-unsaturated/α-hetero) is 1. The number of nitrogens with one attached hydrogen (secondary N) is 3. The summed E-state index contributed by atoms with van der Waals surface area (Å²) in [6, 6.07) is 7.46. The number of carbonyl (C=O) groups is 4. The van der Waals surface area contributed by atoms with Gasteiger partial charge in [-0.15, -0.1) is 0 Å². The predicted molar refractivity (Wildman–Crippen MR) is 111 cm³/mol. The van der Waals surface area contributed by atoms with E-state index in [-0.39, 0.29) is 12.5 Å². The van der Waals surface area contributed by atoms with Gasteiger partial charge in [-0.25, -0.2) is 4.79 Å². The van der Waals surface area contributed by atoms with Crippen molar-refractivity contribution in [1.82, 2.24) is 16.0 Å². The van der Waals surface area contributed by atoms with E-state index in [1.807, 2.05) is 44.2 Å². The Labute approximate surface area is 177 Å². The molecule has 30 heavy (non-hydrogen) atoms. The van der Waals surface area contributed by atoms with E-state index in [2.05, 4.69) is 16.0 Å². The zero-order valence-corrected chi connectivity index (χ0v) is 17.6. The molecule has 0 spiro atoms. The molecule has 2 unspecified atom stereocenters. The monoisotopic (exact) mass is 417 g/mol. The van der Waals surface area contributed by atoms with Gasteiger partial charge in [0.15, 0.2) is 0 Å². The van der Waals surface area contributed by atoms with Gasteiger partial charge in [0.25, 0.3) is 5.91 Å². The Balaban J connectivity index is 1.98. The molecule has 1 fully saturated rings. The Kier molecular flexibility index (Phi) is 9.31. The molecule has 8 nitrogen and oxygen atoms in total. The third kappa shape index (κ3) is 7.85. The summed E-state index contributed by atoms with van der Waals surface area (Å²) in [5.41, 5.74) is 0.833. The smallest absolute Gasteiger partial charge is 0.408 e. The van der Waals surface area contributed by atoms with Crippen LogP contribution in [0.2, 0.25) is 0 Å². The Hall–Kier alpha value is -2.90. The molecule has 1 heterocycles. The highest BCUT2D eigenvalue weighted by Crippen LogP contribution is 2.10. The first-order valence-electron chi connectivity index (χ1n) is 10.5. The molecule has 3 N–H and O–H groups in total. The molecular weight excluding hydrogens is 386 g/mol. The molecule has 0 saturated carbocycles. The summed E-state index contributed by atoms with van der Waals surface area (Å²) >= 11 is 0. The van der Waals surface area contributed by atoms with Crippen molar-refractivity contribution in [3.8, 4) is 0 Å². The molecule has 1 saturated heterocycles. The Morgan fingerprint density at radius 1 is 1.13 bits per heavy atom. The van der Waals surface area contributed by atoms with Crippen molar-refractivity contribution in [2.24, 2.45) is 5.92 Å². The van der Waals surface area contributed by atoms with Crippen molar-refractivity contribution in [1.29, 1.82) is 0 Å². The maximum Gasteiger partial charge on any atom is 0.408 e. The van der Waals surface area contributed by atoms with E-state index < -0.39 is 35.8 Å². The molecule has 0 aliphatic carbocycles. The first-order valence-corrected chi connectivity index (χ1v) is 10.5. The predicted octanol–water partition coefficient (Wildman–Crippen LogP) is 2.07. The summed E-state index contributed by atoms with van der Waals surface area (Å²) in [6.45, 7) is 4.39. The van der Waals surface area contributed by atoms with Crippen LogP contribution in [0.4, 0.5) is 4.79 Å². The zero-order chi connectivity index (χ0) is 21.9. The first-order chi connectivity index (χ1) is 14.4. The fourth-order valence-corrected chi connectivity index (χ4v) is 3.25. The summed E-state index contributed by atoms with van der Waals surface area (Å²) in [4.78, 5) is 49.4. The van der Waals surface area contributed by atoms with Crippen LogP contribution in [-0.4, -0.2) is 42.3 Å². The quantitative estimate of drug-likeness (QED) is 0.588. The number of alkyl carbamates (subject to hydrolysis) is 1. The molecule has 164 valence electrons. The Morgan fingerprint density at radius 3 is 2.57 bits per heavy atom. The van der Waals surface area contributed by atoms with Gasteiger partial charge in [0.05, 0.1) is 6.04 Å². The molecular formula is C22H31N3O5. The summed E-state index contributed by atoms with van der Waals surface area (Å²) in [6.07, 6.45) is 2.44. The Morgan fingerprint density at radius 2 is 1.87 bits per heavy atom. The van der Waals surface area contributed by atoms with Gasteiger partial charge < -0.3 is 20.7 Å². The van der Waals surface area contributed by atoms with E-state index in [1.165, 1.54) is 0 Å². The fraction of sp³-hybridized carbons (Fsp3) is 0.545. The van der Waals surface area contributed by atoms with Crippen molar-refractivity contribution < 1.29 is 23.9 Å². The highest BCUT2D eigenvalue weighted by Gasteiger charge is 2.30. The minimum absolute atomic E-state index is 0.0873. The van der Waals surface area contributed by atoms with Crippen LogP contribution in [0.15, 0.2) is 30.3 Å². The van der Waals surface area contributed by atoms with Crippen LogP contribution in [0, 0.1) is 5.92 Å². The number of hydrogen-bond donors (Lipinski definition) is 3. The highest BCUT2D eigenvalue weighted by molar-refractivity contribution is 6.38. The summed E-state index contributed by atoms with van der Waals surface area (Å²) in [5.74, 6) is -1.71. The third-order valence-corrected chi connectivity index (χ3v) is 4.84. The van der Waals surface area contributed by atoms with Gasteiger partial charge in [0, 0.05) is 6.54 Å². The fourth-order valence-electron chi connectivity index (χ4n) is 3.25. The van der Waals surface area contributed by atoms with E-state index in [9.17, 15) is 19.2 Å². The topological polar surface area (TPSA) is 114 Å². The molecule has 0 radical (unpaired) electrons. The van der Waals surface area contributed by atoms with Crippen LogP contribution in [0.1, 0.15) is 51.5 Å². The molecule has 0 aromatic heterocycles. The van der Waals surface area contributed by atoms with Gasteiger partial charge >= 0.3 is 6.09 Å². The lowest BCUT2D eigenvalue weighted by molar-refractivity contribution is -0.140. The van der Waals surface area contributed by atoms with Gasteiger partial charge in [-0.2, -0.15) is 0 Å². The van der Waals surface area contributed by atoms with E-state index in [0.717, 1.165) is 24.8 Å². The summed E-state index contributed by atoms with van der Waals surface area (Å²) in [5, 5.41) is 7.82. The SMILES string of the molecule is CC(C)CC(NC(=O)OCc1ccccc1)C(=O)NC1CCCCCNC(=O)C1=O. The molecule has 3 amide bonds. The van der Waals surface area contributed by atoms with Gasteiger partial charge in [-0.3, -0.25) is 14.4 Å². The van der Waals surface area contributed by atoms with Crippen LogP contribution < -0.4 is 16.0 Å². The number of benzene rings is 1. The lowest BCUT2D eigenvalue weighted by atomic mass is 10.0. The second-order valence-electron chi connectivity index (χ2n) is 7.92. The molecule has 1 aromatic rings. The maximum atomic E-state index is 12.8. The number of ether oxygens (including phenoxy) is 1. The second kappa shape index (κ2) is 11.9. The van der Waals surface area contributed by atoms with Crippen molar-refractivity contribution >= 4 is 23.7 Å². The molecule has 8 heteroatoms. The standard InChI is InChI=1S/C22H31N3O5/c1-15(2)13-18(25-22(29)30-14-16-9-5-3-6-10-16)20(27)24-17-11-7-4-8-12-23-21(28)19(17)26/h3,5-6,9-10,15,17-18H,4,7-8,11-14H2,1-2H3,(H,23,28)(H,24,27)(H,25,29). The van der Waals surface area contributed by atoms with E-state index in [1.54, 1.807) is 0 Å². The molecule has 0 bridgehead atoms. The number of carbonyl (C=O) groups excluding carboxylic acids is 4. The van der Waals surface area contributed by atoms with Gasteiger partial charge in [-0.05, 0) is 30.7 Å². The van der Waals surface area contributed by atoms with Crippen molar-refractivity contribution in [3.63, 3.8) is 0 Å². The van der Waals surface area contributed by atoms with Crippen molar-refractivity contribution in [3.05, 3.63) is 35.9 Å². The van der Waals surface area contributed by atoms with Gasteiger partial charge in [0.2, 0.25) is 11.7 Å². The number of hydrogen-bond acceptors (Lipinski definition) is 5. The molecule has 1 aromatic carbocycles. The summed E-state index contributed by atoms with van der Waals surface area (Å²) < 4.78 is 5.21. The van der Waals surface area contributed by atoms with Crippen LogP contribution in [0.3, 0.4) is 0 Å². The highest BCUT2D eigenvalue weighted by atomic mass is 16.5. The molecule has 2 atom stereocenters. The Bertz CT molecular complexity index is 736. The first kappa shape index (κ1) is 23.4. The van der Waals surface area contributed by atoms with E-state index in [0.29, 0.717) is 19.4 Å². The summed E-state index contributed by atoms with van der Waals surface area (Å²) in [7, 11) is 0. The van der Waals surface area contributed by atoms with E-state index in [4.69, 9.17) is 4.74 Å². The van der Waals surface area contributed by atoms with Crippen LogP contribution in [0.5, 0.6) is 0 Å². The van der Waals surface area contributed by atoms with Crippen molar-refractivity contribution in [2.45, 2.75) is 64.6 Å².